The van der Waals surface area contributed by atoms with E-state index in [4.69, 9.17) is 9.26 Å². The van der Waals surface area contributed by atoms with Crippen molar-refractivity contribution in [2.75, 3.05) is 19.0 Å². The van der Waals surface area contributed by atoms with Gasteiger partial charge in [0.15, 0.2) is 0 Å². The summed E-state index contributed by atoms with van der Waals surface area (Å²) < 4.78 is 11.5. The Bertz CT molecular complexity index is 619. The molecule has 0 fully saturated rings. The minimum Gasteiger partial charge on any atom is -0.488 e. The number of rotatable bonds is 2. The third-order valence-corrected chi connectivity index (χ3v) is 3.51. The molecule has 1 aliphatic heterocycles. The molecule has 1 atom stereocenters. The number of nitrogens with zero attached hydrogens (tertiary/aromatic N) is 3. The van der Waals surface area contributed by atoms with Crippen molar-refractivity contribution in [3.05, 3.63) is 35.7 Å². The summed E-state index contributed by atoms with van der Waals surface area (Å²) in [5.74, 6) is 2.23. The van der Waals surface area contributed by atoms with Crippen LogP contribution in [-0.2, 0) is 0 Å². The number of para-hydroxylation sites is 1. The number of benzene rings is 1. The zero-order valence-electron chi connectivity index (χ0n) is 12.3. The maximum Gasteiger partial charge on any atom is 0.265 e. The lowest BCUT2D eigenvalue weighted by atomic mass is 9.84. The van der Waals surface area contributed by atoms with Gasteiger partial charge in [-0.3, -0.25) is 0 Å². The molecule has 106 valence electrons. The van der Waals surface area contributed by atoms with E-state index in [0.717, 1.165) is 17.7 Å². The summed E-state index contributed by atoms with van der Waals surface area (Å²) >= 11 is 0. The fourth-order valence-corrected chi connectivity index (χ4v) is 2.57. The molecular formula is C15H19N3O2. The number of hydrogen-bond acceptors (Lipinski definition) is 5. The van der Waals surface area contributed by atoms with E-state index in [1.165, 1.54) is 0 Å². The van der Waals surface area contributed by atoms with Crippen LogP contribution in [0.1, 0.15) is 37.6 Å². The van der Waals surface area contributed by atoms with Gasteiger partial charge in [0, 0.05) is 26.1 Å². The van der Waals surface area contributed by atoms with Crippen LogP contribution in [0, 0.1) is 0 Å². The van der Waals surface area contributed by atoms with Crippen molar-refractivity contribution in [1.29, 1.82) is 0 Å². The number of hydrogen-bond donors (Lipinski definition) is 0. The standard InChI is InChI=1S/C15H19N3O2/c1-15(2)9-11(10-7-5-6-8-12(10)19-15)13-16-14(17-20-13)18(3)4/h5-8,11H,9H2,1-4H3. The highest BCUT2D eigenvalue weighted by Crippen LogP contribution is 2.43. The fourth-order valence-electron chi connectivity index (χ4n) is 2.57. The molecule has 5 nitrogen and oxygen atoms in total. The van der Waals surface area contributed by atoms with Gasteiger partial charge in [-0.1, -0.05) is 18.2 Å². The Hall–Kier alpha value is -2.04. The summed E-state index contributed by atoms with van der Waals surface area (Å²) in [6.07, 6.45) is 0.819. The van der Waals surface area contributed by atoms with Gasteiger partial charge in [0.05, 0.1) is 5.92 Å². The van der Waals surface area contributed by atoms with Crippen molar-refractivity contribution in [1.82, 2.24) is 10.1 Å². The average molecular weight is 273 g/mol. The summed E-state index contributed by atoms with van der Waals surface area (Å²) in [6.45, 7) is 4.17. The van der Waals surface area contributed by atoms with Crippen LogP contribution < -0.4 is 9.64 Å². The highest BCUT2D eigenvalue weighted by atomic mass is 16.5. The molecule has 1 unspecified atom stereocenters. The molecule has 0 saturated heterocycles. The van der Waals surface area contributed by atoms with Crippen molar-refractivity contribution in [2.45, 2.75) is 31.8 Å². The summed E-state index contributed by atoms with van der Waals surface area (Å²) in [7, 11) is 3.80. The molecule has 3 rings (SSSR count). The van der Waals surface area contributed by atoms with Gasteiger partial charge in [0.2, 0.25) is 5.89 Å². The van der Waals surface area contributed by atoms with Gasteiger partial charge in [-0.25, -0.2) is 0 Å². The number of ether oxygens (including phenoxy) is 1. The van der Waals surface area contributed by atoms with Crippen LogP contribution in [0.15, 0.2) is 28.8 Å². The Morgan fingerprint density at radius 2 is 2.00 bits per heavy atom. The molecule has 1 aromatic carbocycles. The van der Waals surface area contributed by atoms with Gasteiger partial charge >= 0.3 is 0 Å². The van der Waals surface area contributed by atoms with Crippen molar-refractivity contribution in [2.24, 2.45) is 0 Å². The molecule has 1 aromatic heterocycles. The van der Waals surface area contributed by atoms with Crippen molar-refractivity contribution in [3.63, 3.8) is 0 Å². The molecule has 2 heterocycles. The summed E-state index contributed by atoms with van der Waals surface area (Å²) in [4.78, 5) is 6.33. The molecule has 2 aromatic rings. The van der Waals surface area contributed by atoms with Crippen LogP contribution in [0.25, 0.3) is 0 Å². The monoisotopic (exact) mass is 273 g/mol. The minimum atomic E-state index is -0.244. The average Bonchev–Trinajstić information content (AvgIpc) is 2.86. The van der Waals surface area contributed by atoms with Crippen LogP contribution in [0.4, 0.5) is 5.95 Å². The number of aromatic nitrogens is 2. The van der Waals surface area contributed by atoms with Crippen molar-refractivity contribution >= 4 is 5.95 Å². The highest BCUT2D eigenvalue weighted by Gasteiger charge is 2.37. The van der Waals surface area contributed by atoms with Gasteiger partial charge in [-0.15, -0.1) is 0 Å². The Morgan fingerprint density at radius 1 is 1.25 bits per heavy atom. The van der Waals surface area contributed by atoms with E-state index in [9.17, 15) is 0 Å². The van der Waals surface area contributed by atoms with Gasteiger partial charge < -0.3 is 14.2 Å². The zero-order valence-corrected chi connectivity index (χ0v) is 12.3. The lowest BCUT2D eigenvalue weighted by molar-refractivity contribution is 0.0725. The van der Waals surface area contributed by atoms with Crippen LogP contribution in [-0.4, -0.2) is 29.8 Å². The van der Waals surface area contributed by atoms with E-state index in [0.29, 0.717) is 11.8 Å². The maximum atomic E-state index is 6.02. The first kappa shape index (κ1) is 13.0. The fraction of sp³-hybridized carbons (Fsp3) is 0.467. The molecule has 20 heavy (non-hydrogen) atoms. The smallest absolute Gasteiger partial charge is 0.265 e. The van der Waals surface area contributed by atoms with Gasteiger partial charge in [-0.05, 0) is 25.1 Å². The Balaban J connectivity index is 2.03. The van der Waals surface area contributed by atoms with Crippen molar-refractivity contribution < 1.29 is 9.26 Å². The summed E-state index contributed by atoms with van der Waals surface area (Å²) in [5.41, 5.74) is 0.868. The van der Waals surface area contributed by atoms with E-state index in [1.54, 1.807) is 0 Å². The SMILES string of the molecule is CN(C)c1noc(C2CC(C)(C)Oc3ccccc32)n1. The van der Waals surface area contributed by atoms with E-state index in [1.807, 2.05) is 37.2 Å². The Morgan fingerprint density at radius 3 is 2.70 bits per heavy atom. The second kappa shape index (κ2) is 4.51. The summed E-state index contributed by atoms with van der Waals surface area (Å²) in [5, 5.41) is 4.01. The van der Waals surface area contributed by atoms with Crippen LogP contribution in [0.2, 0.25) is 0 Å². The summed E-state index contributed by atoms with van der Waals surface area (Å²) in [6, 6.07) is 8.05. The van der Waals surface area contributed by atoms with Gasteiger partial charge in [0.25, 0.3) is 5.95 Å². The molecular weight excluding hydrogens is 254 g/mol. The maximum absolute atomic E-state index is 6.02. The first-order valence-electron chi connectivity index (χ1n) is 6.75. The lowest BCUT2D eigenvalue weighted by Gasteiger charge is -2.36. The third-order valence-electron chi connectivity index (χ3n) is 3.51. The number of anilines is 1. The van der Waals surface area contributed by atoms with E-state index >= 15 is 0 Å². The van der Waals surface area contributed by atoms with Crippen LogP contribution >= 0.6 is 0 Å². The van der Waals surface area contributed by atoms with Gasteiger partial charge in [-0.2, -0.15) is 4.98 Å². The molecule has 1 aliphatic rings. The van der Waals surface area contributed by atoms with Gasteiger partial charge in [0.1, 0.15) is 11.4 Å². The number of fused-ring (bicyclic) bond motifs is 1. The largest absolute Gasteiger partial charge is 0.488 e. The third kappa shape index (κ3) is 2.24. The highest BCUT2D eigenvalue weighted by molar-refractivity contribution is 5.42. The predicted octanol–water partition coefficient (Wildman–Crippen LogP) is 2.83. The van der Waals surface area contributed by atoms with Crippen molar-refractivity contribution in [3.8, 4) is 5.75 Å². The minimum absolute atomic E-state index is 0.0798. The van der Waals surface area contributed by atoms with Crippen LogP contribution in [0.3, 0.4) is 0 Å². The zero-order chi connectivity index (χ0) is 14.3. The van der Waals surface area contributed by atoms with E-state index < -0.39 is 0 Å². The Kier molecular flexibility index (Phi) is 2.92. The lowest BCUT2D eigenvalue weighted by Crippen LogP contribution is -2.35. The molecule has 5 heteroatoms. The molecule has 0 radical (unpaired) electrons. The predicted molar refractivity (Wildman–Crippen MR) is 76.2 cm³/mol. The first-order valence-corrected chi connectivity index (χ1v) is 6.75. The van der Waals surface area contributed by atoms with Crippen LogP contribution in [0.5, 0.6) is 5.75 Å². The Labute approximate surface area is 118 Å². The van der Waals surface area contributed by atoms with E-state index in [-0.39, 0.29) is 11.5 Å². The molecule has 0 N–H and O–H groups in total. The molecule has 0 spiro atoms. The quantitative estimate of drug-likeness (QED) is 0.842. The molecule has 0 aliphatic carbocycles. The second-order valence-electron chi connectivity index (χ2n) is 5.98. The molecule has 0 bridgehead atoms. The topological polar surface area (TPSA) is 51.4 Å². The van der Waals surface area contributed by atoms with E-state index in [2.05, 4.69) is 30.1 Å². The molecule has 0 amide bonds. The first-order chi connectivity index (χ1) is 9.46. The normalized spacial score (nSPS) is 20.1. The molecule has 0 saturated carbocycles. The second-order valence-corrected chi connectivity index (χ2v) is 5.98.